The van der Waals surface area contributed by atoms with E-state index >= 15 is 0 Å². The van der Waals surface area contributed by atoms with Gasteiger partial charge in [0.25, 0.3) is 0 Å². The normalized spacial score (nSPS) is 17.4. The number of rotatable bonds is 5. The Labute approximate surface area is 183 Å². The highest BCUT2D eigenvalue weighted by atomic mass is 35.5. The number of carbonyl (C=O) groups is 2. The molecule has 0 saturated carbocycles. The molecule has 3 heterocycles. The molecular weight excluding hydrogens is 433 g/mol. The molecule has 1 aliphatic rings. The number of aromatic nitrogens is 2. The van der Waals surface area contributed by atoms with Crippen molar-refractivity contribution in [3.63, 3.8) is 0 Å². The Morgan fingerprint density at radius 1 is 1.13 bits per heavy atom. The molecule has 0 aromatic carbocycles. The molecular formula is C21H22ClF3N4O2. The van der Waals surface area contributed by atoms with Crippen molar-refractivity contribution in [3.8, 4) is 0 Å². The number of Topliss-reactive ketones (excluding diaryl/α,β-unsaturated/α-hetero) is 1. The van der Waals surface area contributed by atoms with Crippen LogP contribution in [0.2, 0.25) is 5.15 Å². The van der Waals surface area contributed by atoms with Crippen molar-refractivity contribution in [2.24, 2.45) is 5.41 Å². The van der Waals surface area contributed by atoms with E-state index in [-0.39, 0.29) is 42.4 Å². The van der Waals surface area contributed by atoms with Gasteiger partial charge < -0.3 is 4.90 Å². The first-order valence-corrected chi connectivity index (χ1v) is 9.97. The maximum Gasteiger partial charge on any atom is 0.433 e. The average Bonchev–Trinajstić information content (AvgIpc) is 3.00. The van der Waals surface area contributed by atoms with E-state index in [4.69, 9.17) is 11.6 Å². The Kier molecular flexibility index (Phi) is 6.27. The maximum atomic E-state index is 13.1. The minimum atomic E-state index is -4.56. The van der Waals surface area contributed by atoms with E-state index in [1.54, 1.807) is 12.1 Å². The summed E-state index contributed by atoms with van der Waals surface area (Å²) in [6.07, 6.45) is -1.93. The molecule has 0 spiro atoms. The van der Waals surface area contributed by atoms with Gasteiger partial charge in [0, 0.05) is 19.2 Å². The molecule has 0 unspecified atom stereocenters. The molecule has 166 valence electrons. The Balaban J connectivity index is 1.79. The molecule has 2 aromatic rings. The SMILES string of the molecule is CC(C)(C)[C@H]1CN(c2ccc(C(F)(F)F)nc2)C(=O)N1CC(=O)Cc1ccc(Cl)nc1. The highest BCUT2D eigenvalue weighted by Gasteiger charge is 2.44. The van der Waals surface area contributed by atoms with Crippen LogP contribution >= 0.6 is 11.6 Å². The van der Waals surface area contributed by atoms with Crippen molar-refractivity contribution in [3.05, 3.63) is 53.1 Å². The third-order valence-electron chi connectivity index (χ3n) is 5.09. The van der Waals surface area contributed by atoms with Gasteiger partial charge in [0.1, 0.15) is 10.8 Å². The van der Waals surface area contributed by atoms with E-state index in [0.29, 0.717) is 10.7 Å². The standard InChI is InChI=1S/C21H22ClF3N4O2/c1-20(2,3)17-12-28(14-5-6-16(26-10-14)21(23,24)25)19(31)29(17)11-15(30)8-13-4-7-18(22)27-9-13/h4-7,9-10,17H,8,11-12H2,1-3H3/t17-/m1/s1. The number of nitrogens with zero attached hydrogens (tertiary/aromatic N) is 4. The summed E-state index contributed by atoms with van der Waals surface area (Å²) in [6.45, 7) is 5.96. The molecule has 1 saturated heterocycles. The number of pyridine rings is 2. The van der Waals surface area contributed by atoms with Gasteiger partial charge in [-0.05, 0) is 29.2 Å². The van der Waals surface area contributed by atoms with Crippen LogP contribution in [0.15, 0.2) is 36.7 Å². The summed E-state index contributed by atoms with van der Waals surface area (Å²) in [5, 5.41) is 0.319. The number of hydrogen-bond acceptors (Lipinski definition) is 4. The highest BCUT2D eigenvalue weighted by Crippen LogP contribution is 2.34. The monoisotopic (exact) mass is 454 g/mol. The van der Waals surface area contributed by atoms with E-state index < -0.39 is 17.9 Å². The van der Waals surface area contributed by atoms with Crippen molar-refractivity contribution in [1.29, 1.82) is 0 Å². The van der Waals surface area contributed by atoms with Gasteiger partial charge in [0.05, 0.1) is 24.5 Å². The lowest BCUT2D eigenvalue weighted by Gasteiger charge is -2.33. The average molecular weight is 455 g/mol. The molecule has 6 nitrogen and oxygen atoms in total. The van der Waals surface area contributed by atoms with Crippen molar-refractivity contribution in [2.45, 2.75) is 39.4 Å². The van der Waals surface area contributed by atoms with Gasteiger partial charge in [0.2, 0.25) is 0 Å². The number of halogens is 4. The van der Waals surface area contributed by atoms with Gasteiger partial charge in [-0.1, -0.05) is 38.4 Å². The van der Waals surface area contributed by atoms with Gasteiger partial charge in [0.15, 0.2) is 5.78 Å². The van der Waals surface area contributed by atoms with E-state index in [1.807, 2.05) is 20.8 Å². The molecule has 2 aromatic heterocycles. The van der Waals surface area contributed by atoms with Crippen LogP contribution in [0.4, 0.5) is 23.7 Å². The number of alkyl halides is 3. The second-order valence-corrected chi connectivity index (χ2v) is 8.89. The Bertz CT molecular complexity index is 957. The Morgan fingerprint density at radius 2 is 1.84 bits per heavy atom. The van der Waals surface area contributed by atoms with E-state index in [1.165, 1.54) is 22.1 Å². The van der Waals surface area contributed by atoms with Gasteiger partial charge >= 0.3 is 12.2 Å². The molecule has 1 fully saturated rings. The predicted molar refractivity (Wildman–Crippen MR) is 110 cm³/mol. The van der Waals surface area contributed by atoms with Crippen LogP contribution in [-0.2, 0) is 17.4 Å². The molecule has 31 heavy (non-hydrogen) atoms. The number of carbonyl (C=O) groups excluding carboxylic acids is 2. The Hall–Kier alpha value is -2.68. The van der Waals surface area contributed by atoms with Crippen LogP contribution in [0.25, 0.3) is 0 Å². The van der Waals surface area contributed by atoms with Crippen LogP contribution in [0.5, 0.6) is 0 Å². The van der Waals surface area contributed by atoms with Gasteiger partial charge in [-0.2, -0.15) is 13.2 Å². The lowest BCUT2D eigenvalue weighted by Crippen LogP contribution is -2.45. The number of hydrogen-bond donors (Lipinski definition) is 0. The lowest BCUT2D eigenvalue weighted by molar-refractivity contribution is -0.141. The highest BCUT2D eigenvalue weighted by molar-refractivity contribution is 6.29. The molecule has 1 atom stereocenters. The third kappa shape index (κ3) is 5.33. The summed E-state index contributed by atoms with van der Waals surface area (Å²) in [6, 6.07) is 4.59. The second-order valence-electron chi connectivity index (χ2n) is 8.51. The quantitative estimate of drug-likeness (QED) is 0.618. The largest absolute Gasteiger partial charge is 0.433 e. The fourth-order valence-electron chi connectivity index (χ4n) is 3.47. The number of ketones is 1. The smallest absolute Gasteiger partial charge is 0.312 e. The first kappa shape index (κ1) is 23.0. The zero-order valence-corrected chi connectivity index (χ0v) is 18.0. The van der Waals surface area contributed by atoms with Crippen molar-refractivity contribution >= 4 is 29.1 Å². The fraction of sp³-hybridized carbons (Fsp3) is 0.429. The van der Waals surface area contributed by atoms with Crippen LogP contribution in [0.3, 0.4) is 0 Å². The number of urea groups is 1. The molecule has 2 amide bonds. The topological polar surface area (TPSA) is 66.4 Å². The van der Waals surface area contributed by atoms with Gasteiger partial charge in [-0.15, -0.1) is 0 Å². The first-order valence-electron chi connectivity index (χ1n) is 9.60. The predicted octanol–water partition coefficient (Wildman–Crippen LogP) is 4.62. The minimum absolute atomic E-state index is 0.0899. The molecule has 0 bridgehead atoms. The van der Waals surface area contributed by atoms with E-state index in [2.05, 4.69) is 9.97 Å². The Morgan fingerprint density at radius 3 is 2.35 bits per heavy atom. The molecule has 0 aliphatic carbocycles. The summed E-state index contributed by atoms with van der Waals surface area (Å²) in [4.78, 5) is 36.0. The maximum absolute atomic E-state index is 13.1. The summed E-state index contributed by atoms with van der Waals surface area (Å²) < 4.78 is 38.4. The van der Waals surface area contributed by atoms with Crippen molar-refractivity contribution in [2.75, 3.05) is 18.0 Å². The van der Waals surface area contributed by atoms with Gasteiger partial charge in [-0.25, -0.2) is 14.8 Å². The van der Waals surface area contributed by atoms with E-state index in [0.717, 1.165) is 12.3 Å². The second kappa shape index (κ2) is 8.45. The van der Waals surface area contributed by atoms with Crippen LogP contribution in [0, 0.1) is 5.41 Å². The zero-order chi connectivity index (χ0) is 23.0. The van der Waals surface area contributed by atoms with Crippen LogP contribution in [-0.4, -0.2) is 45.8 Å². The molecule has 0 radical (unpaired) electrons. The number of amides is 2. The minimum Gasteiger partial charge on any atom is -0.312 e. The first-order chi connectivity index (χ1) is 14.4. The van der Waals surface area contributed by atoms with Crippen LogP contribution in [0.1, 0.15) is 32.0 Å². The molecule has 10 heteroatoms. The summed E-state index contributed by atoms with van der Waals surface area (Å²) in [5.41, 5.74) is -0.452. The summed E-state index contributed by atoms with van der Waals surface area (Å²) in [7, 11) is 0. The summed E-state index contributed by atoms with van der Waals surface area (Å²) in [5.74, 6) is -0.181. The molecule has 0 N–H and O–H groups in total. The fourth-order valence-corrected chi connectivity index (χ4v) is 3.58. The molecule has 1 aliphatic heterocycles. The van der Waals surface area contributed by atoms with Crippen LogP contribution < -0.4 is 4.90 Å². The van der Waals surface area contributed by atoms with Crippen molar-refractivity contribution < 1.29 is 22.8 Å². The number of anilines is 1. The molecule has 3 rings (SSSR count). The summed E-state index contributed by atoms with van der Waals surface area (Å²) >= 11 is 5.76. The van der Waals surface area contributed by atoms with Crippen molar-refractivity contribution in [1.82, 2.24) is 14.9 Å². The lowest BCUT2D eigenvalue weighted by atomic mass is 9.86. The zero-order valence-electron chi connectivity index (χ0n) is 17.3. The van der Waals surface area contributed by atoms with E-state index in [9.17, 15) is 22.8 Å². The third-order valence-corrected chi connectivity index (χ3v) is 5.32. The van der Waals surface area contributed by atoms with Gasteiger partial charge in [-0.3, -0.25) is 9.69 Å².